The van der Waals surface area contributed by atoms with Gasteiger partial charge in [-0.25, -0.2) is 0 Å². The summed E-state index contributed by atoms with van der Waals surface area (Å²) in [5.74, 6) is 0.360. The number of nitrogens with one attached hydrogen (secondary N) is 1. The topological polar surface area (TPSA) is 32.3 Å². The summed E-state index contributed by atoms with van der Waals surface area (Å²) in [6.45, 7) is 3.07. The van der Waals surface area contributed by atoms with Crippen molar-refractivity contribution in [1.29, 1.82) is 0 Å². The Balaban J connectivity index is 2.06. The molecular weight excluding hydrogens is 222 g/mol. The first kappa shape index (κ1) is 11.3. The minimum absolute atomic E-state index is 0.245. The molecule has 0 aliphatic carbocycles. The van der Waals surface area contributed by atoms with E-state index in [1.54, 1.807) is 6.07 Å². The van der Waals surface area contributed by atoms with Crippen molar-refractivity contribution in [1.82, 2.24) is 5.32 Å². The molecular formula is C16H17NO. The molecule has 0 saturated heterocycles. The Labute approximate surface area is 107 Å². The lowest BCUT2D eigenvalue weighted by Crippen LogP contribution is -2.30. The van der Waals surface area contributed by atoms with E-state index in [0.29, 0.717) is 5.75 Å². The third kappa shape index (κ3) is 2.00. The van der Waals surface area contributed by atoms with Gasteiger partial charge in [0.15, 0.2) is 0 Å². The first-order chi connectivity index (χ1) is 8.74. The molecule has 0 aromatic heterocycles. The minimum atomic E-state index is 0.245. The fourth-order valence-corrected chi connectivity index (χ4v) is 2.70. The first-order valence-electron chi connectivity index (χ1n) is 6.36. The number of aromatic hydroxyl groups is 1. The van der Waals surface area contributed by atoms with Crippen molar-refractivity contribution in [3.63, 3.8) is 0 Å². The average molecular weight is 239 g/mol. The molecule has 2 nitrogen and oxygen atoms in total. The lowest BCUT2D eigenvalue weighted by molar-refractivity contribution is 0.471. The normalized spacial score (nSPS) is 18.4. The molecule has 92 valence electrons. The van der Waals surface area contributed by atoms with E-state index in [1.807, 2.05) is 12.1 Å². The summed E-state index contributed by atoms with van der Waals surface area (Å²) in [7, 11) is 0. The molecule has 0 radical (unpaired) electrons. The van der Waals surface area contributed by atoms with Gasteiger partial charge in [0.1, 0.15) is 5.75 Å². The molecule has 0 unspecified atom stereocenters. The van der Waals surface area contributed by atoms with Crippen LogP contribution in [0.3, 0.4) is 0 Å². The summed E-state index contributed by atoms with van der Waals surface area (Å²) in [6.07, 6.45) is 0.978. The van der Waals surface area contributed by atoms with Crippen molar-refractivity contribution in [3.8, 4) is 5.75 Å². The van der Waals surface area contributed by atoms with Crippen molar-refractivity contribution in [2.45, 2.75) is 19.4 Å². The van der Waals surface area contributed by atoms with Gasteiger partial charge in [0.2, 0.25) is 0 Å². The largest absolute Gasteiger partial charge is 0.508 e. The van der Waals surface area contributed by atoms with Crippen LogP contribution in [0.15, 0.2) is 42.5 Å². The van der Waals surface area contributed by atoms with Gasteiger partial charge in [0, 0.05) is 6.54 Å². The van der Waals surface area contributed by atoms with Gasteiger partial charge in [-0.15, -0.1) is 0 Å². The fourth-order valence-electron chi connectivity index (χ4n) is 2.70. The summed E-state index contributed by atoms with van der Waals surface area (Å²) in [6, 6.07) is 14.5. The maximum absolute atomic E-state index is 9.57. The molecule has 2 heteroatoms. The number of rotatable bonds is 1. The summed E-state index contributed by atoms with van der Waals surface area (Å²) in [5.41, 5.74) is 5.10. The van der Waals surface area contributed by atoms with E-state index in [4.69, 9.17) is 0 Å². The quantitative estimate of drug-likeness (QED) is 0.802. The van der Waals surface area contributed by atoms with E-state index in [0.717, 1.165) is 13.0 Å². The van der Waals surface area contributed by atoms with E-state index in [9.17, 15) is 5.11 Å². The third-order valence-corrected chi connectivity index (χ3v) is 3.56. The summed E-state index contributed by atoms with van der Waals surface area (Å²) in [5, 5.41) is 13.1. The molecule has 18 heavy (non-hydrogen) atoms. The van der Waals surface area contributed by atoms with Crippen molar-refractivity contribution >= 4 is 0 Å². The molecule has 3 rings (SSSR count). The number of phenols is 1. The van der Waals surface area contributed by atoms with Gasteiger partial charge in [-0.2, -0.15) is 0 Å². The maximum atomic E-state index is 9.57. The zero-order valence-corrected chi connectivity index (χ0v) is 10.5. The first-order valence-corrected chi connectivity index (χ1v) is 6.36. The Bertz CT molecular complexity index is 577. The van der Waals surface area contributed by atoms with Crippen LogP contribution in [0, 0.1) is 6.92 Å². The molecule has 0 fully saturated rings. The lowest BCUT2D eigenvalue weighted by Gasteiger charge is -2.27. The minimum Gasteiger partial charge on any atom is -0.508 e. The zero-order valence-electron chi connectivity index (χ0n) is 10.5. The Morgan fingerprint density at radius 1 is 1.17 bits per heavy atom. The Morgan fingerprint density at radius 2 is 2.06 bits per heavy atom. The highest BCUT2D eigenvalue weighted by Gasteiger charge is 2.21. The Kier molecular flexibility index (Phi) is 2.80. The van der Waals surface area contributed by atoms with Gasteiger partial charge in [-0.3, -0.25) is 0 Å². The molecule has 1 heterocycles. The van der Waals surface area contributed by atoms with E-state index in [-0.39, 0.29) is 6.04 Å². The number of aryl methyl sites for hydroxylation is 1. The van der Waals surface area contributed by atoms with Crippen LogP contribution in [0.2, 0.25) is 0 Å². The van der Waals surface area contributed by atoms with Crippen LogP contribution in [0.25, 0.3) is 0 Å². The number of fused-ring (bicyclic) bond motifs is 1. The predicted molar refractivity (Wildman–Crippen MR) is 72.8 cm³/mol. The smallest absolute Gasteiger partial charge is 0.115 e. The van der Waals surface area contributed by atoms with Crippen LogP contribution in [0.5, 0.6) is 5.75 Å². The van der Waals surface area contributed by atoms with Gasteiger partial charge in [-0.1, -0.05) is 35.9 Å². The standard InChI is InChI=1S/C16H17NO/c1-11-3-2-4-13(9-11)16-15-6-5-14(18)10-12(15)7-8-17-16/h2-6,9-10,16-18H,7-8H2,1H3/t16-/m1/s1. The third-order valence-electron chi connectivity index (χ3n) is 3.56. The second-order valence-corrected chi connectivity index (χ2v) is 4.93. The number of phenolic OH excluding ortho intramolecular Hbond substituents is 1. The monoisotopic (exact) mass is 239 g/mol. The highest BCUT2D eigenvalue weighted by molar-refractivity contribution is 5.43. The van der Waals surface area contributed by atoms with E-state index in [1.165, 1.54) is 22.3 Å². The SMILES string of the molecule is Cc1cccc([C@H]2NCCc3cc(O)ccc32)c1. The molecule has 0 bridgehead atoms. The molecule has 0 amide bonds. The van der Waals surface area contributed by atoms with Crippen LogP contribution >= 0.6 is 0 Å². The maximum Gasteiger partial charge on any atom is 0.115 e. The molecule has 2 N–H and O–H groups in total. The van der Waals surface area contributed by atoms with Gasteiger partial charge in [0.05, 0.1) is 6.04 Å². The van der Waals surface area contributed by atoms with Crippen molar-refractivity contribution < 1.29 is 5.11 Å². The number of hydrogen-bond acceptors (Lipinski definition) is 2. The lowest BCUT2D eigenvalue weighted by atomic mass is 9.89. The fraction of sp³-hybridized carbons (Fsp3) is 0.250. The van der Waals surface area contributed by atoms with Crippen molar-refractivity contribution in [2.75, 3.05) is 6.54 Å². The van der Waals surface area contributed by atoms with Crippen LogP contribution in [-0.4, -0.2) is 11.7 Å². The number of benzene rings is 2. The van der Waals surface area contributed by atoms with E-state index in [2.05, 4.69) is 36.5 Å². The van der Waals surface area contributed by atoms with Gasteiger partial charge in [0.25, 0.3) is 0 Å². The molecule has 0 saturated carbocycles. The highest BCUT2D eigenvalue weighted by Crippen LogP contribution is 2.30. The summed E-state index contributed by atoms with van der Waals surface area (Å²) in [4.78, 5) is 0. The van der Waals surface area contributed by atoms with E-state index < -0.39 is 0 Å². The Hall–Kier alpha value is -1.80. The van der Waals surface area contributed by atoms with Crippen molar-refractivity contribution in [3.05, 3.63) is 64.7 Å². The molecule has 2 aromatic carbocycles. The average Bonchev–Trinajstić information content (AvgIpc) is 2.37. The molecule has 0 spiro atoms. The highest BCUT2D eigenvalue weighted by atomic mass is 16.3. The molecule has 1 aliphatic rings. The molecule has 1 aliphatic heterocycles. The van der Waals surface area contributed by atoms with Crippen LogP contribution in [-0.2, 0) is 6.42 Å². The van der Waals surface area contributed by atoms with Crippen LogP contribution < -0.4 is 5.32 Å². The predicted octanol–water partition coefficient (Wildman–Crippen LogP) is 2.94. The van der Waals surface area contributed by atoms with Gasteiger partial charge >= 0.3 is 0 Å². The van der Waals surface area contributed by atoms with Gasteiger partial charge < -0.3 is 10.4 Å². The Morgan fingerprint density at radius 3 is 2.89 bits per heavy atom. The molecule has 2 aromatic rings. The van der Waals surface area contributed by atoms with Crippen LogP contribution in [0.4, 0.5) is 0 Å². The number of hydrogen-bond donors (Lipinski definition) is 2. The second-order valence-electron chi connectivity index (χ2n) is 4.93. The zero-order chi connectivity index (χ0) is 12.5. The van der Waals surface area contributed by atoms with E-state index >= 15 is 0 Å². The van der Waals surface area contributed by atoms with Crippen LogP contribution in [0.1, 0.15) is 28.3 Å². The second kappa shape index (κ2) is 4.46. The molecule has 1 atom stereocenters. The van der Waals surface area contributed by atoms with Gasteiger partial charge in [-0.05, 0) is 42.2 Å². The summed E-state index contributed by atoms with van der Waals surface area (Å²) >= 11 is 0. The summed E-state index contributed by atoms with van der Waals surface area (Å²) < 4.78 is 0. The van der Waals surface area contributed by atoms with Crippen molar-refractivity contribution in [2.24, 2.45) is 0 Å².